The first-order chi connectivity index (χ1) is 8.20. The number of rotatable bonds is 1. The van der Waals surface area contributed by atoms with E-state index in [-0.39, 0.29) is 0 Å². The Bertz CT molecular complexity index is 417. The van der Waals surface area contributed by atoms with Crippen LogP contribution in [0.1, 0.15) is 36.8 Å². The van der Waals surface area contributed by atoms with Crippen LogP contribution in [0.15, 0.2) is 24.3 Å². The standard InChI is InChI=1S/C15H21NO/c1-12-5-4-6-13(11-12)15(17)8-10-16-9-3-2-7-14(15)16/h4-6,11,14,17H,2-3,7-10H2,1H3/t14-,15-/m1/s1. The molecule has 0 saturated carbocycles. The molecule has 2 heterocycles. The monoisotopic (exact) mass is 231 g/mol. The van der Waals surface area contributed by atoms with Crippen molar-refractivity contribution in [2.75, 3.05) is 13.1 Å². The molecule has 0 spiro atoms. The normalized spacial score (nSPS) is 33.6. The summed E-state index contributed by atoms with van der Waals surface area (Å²) in [7, 11) is 0. The summed E-state index contributed by atoms with van der Waals surface area (Å²) < 4.78 is 0. The van der Waals surface area contributed by atoms with Gasteiger partial charge in [-0.25, -0.2) is 0 Å². The number of aryl methyl sites for hydroxylation is 1. The van der Waals surface area contributed by atoms with E-state index >= 15 is 0 Å². The van der Waals surface area contributed by atoms with E-state index in [1.54, 1.807) is 0 Å². The summed E-state index contributed by atoms with van der Waals surface area (Å²) in [5.41, 5.74) is 1.75. The fourth-order valence-electron chi connectivity index (χ4n) is 3.53. The first kappa shape index (κ1) is 11.2. The zero-order valence-electron chi connectivity index (χ0n) is 10.5. The third-order valence-corrected chi connectivity index (χ3v) is 4.46. The molecule has 2 fully saturated rings. The summed E-state index contributed by atoms with van der Waals surface area (Å²) in [4.78, 5) is 2.48. The Morgan fingerprint density at radius 2 is 2.18 bits per heavy atom. The predicted molar refractivity (Wildman–Crippen MR) is 68.9 cm³/mol. The second kappa shape index (κ2) is 4.11. The van der Waals surface area contributed by atoms with E-state index in [0.29, 0.717) is 6.04 Å². The van der Waals surface area contributed by atoms with Crippen LogP contribution in [-0.4, -0.2) is 29.1 Å². The van der Waals surface area contributed by atoms with Crippen molar-refractivity contribution in [3.8, 4) is 0 Å². The van der Waals surface area contributed by atoms with E-state index in [0.717, 1.165) is 24.9 Å². The maximum atomic E-state index is 11.0. The molecule has 0 aromatic heterocycles. The summed E-state index contributed by atoms with van der Waals surface area (Å²) >= 11 is 0. The SMILES string of the molecule is Cc1cccc([C@]2(O)CCN3CCCC[C@@H]32)c1. The van der Waals surface area contributed by atoms with Gasteiger partial charge in [0.25, 0.3) is 0 Å². The van der Waals surface area contributed by atoms with Crippen molar-refractivity contribution in [3.63, 3.8) is 0 Å². The first-order valence-electron chi connectivity index (χ1n) is 6.74. The van der Waals surface area contributed by atoms with Gasteiger partial charge in [0.1, 0.15) is 5.60 Å². The number of fused-ring (bicyclic) bond motifs is 1. The number of nitrogens with zero attached hydrogens (tertiary/aromatic N) is 1. The molecule has 2 aliphatic rings. The lowest BCUT2D eigenvalue weighted by Crippen LogP contribution is -2.45. The molecule has 0 unspecified atom stereocenters. The van der Waals surface area contributed by atoms with E-state index in [2.05, 4.69) is 36.1 Å². The summed E-state index contributed by atoms with van der Waals surface area (Å²) in [6.07, 6.45) is 4.58. The zero-order valence-corrected chi connectivity index (χ0v) is 10.5. The van der Waals surface area contributed by atoms with Crippen molar-refractivity contribution in [2.45, 2.75) is 44.2 Å². The topological polar surface area (TPSA) is 23.5 Å². The van der Waals surface area contributed by atoms with Crippen LogP contribution in [0.3, 0.4) is 0 Å². The Morgan fingerprint density at radius 3 is 3.00 bits per heavy atom. The molecule has 2 nitrogen and oxygen atoms in total. The van der Waals surface area contributed by atoms with Gasteiger partial charge >= 0.3 is 0 Å². The zero-order chi connectivity index (χ0) is 11.9. The summed E-state index contributed by atoms with van der Waals surface area (Å²) in [5.74, 6) is 0. The van der Waals surface area contributed by atoms with Gasteiger partial charge in [-0.05, 0) is 38.3 Å². The average Bonchev–Trinajstić information content (AvgIpc) is 2.69. The van der Waals surface area contributed by atoms with Crippen LogP contribution in [0.4, 0.5) is 0 Å². The molecule has 92 valence electrons. The smallest absolute Gasteiger partial charge is 0.106 e. The van der Waals surface area contributed by atoms with Gasteiger partial charge in [-0.15, -0.1) is 0 Å². The van der Waals surface area contributed by atoms with Crippen LogP contribution in [0.2, 0.25) is 0 Å². The van der Waals surface area contributed by atoms with Crippen LogP contribution in [0.5, 0.6) is 0 Å². The minimum absolute atomic E-state index is 0.345. The molecular weight excluding hydrogens is 210 g/mol. The summed E-state index contributed by atoms with van der Waals surface area (Å²) in [5, 5.41) is 11.0. The summed E-state index contributed by atoms with van der Waals surface area (Å²) in [6, 6.07) is 8.75. The molecule has 0 amide bonds. The Morgan fingerprint density at radius 1 is 1.29 bits per heavy atom. The van der Waals surface area contributed by atoms with Crippen LogP contribution < -0.4 is 0 Å². The third-order valence-electron chi connectivity index (χ3n) is 4.46. The lowest BCUT2D eigenvalue weighted by atomic mass is 9.82. The van der Waals surface area contributed by atoms with Crippen LogP contribution >= 0.6 is 0 Å². The Balaban J connectivity index is 1.95. The molecule has 2 saturated heterocycles. The number of piperidine rings is 1. The van der Waals surface area contributed by atoms with Gasteiger partial charge in [-0.1, -0.05) is 36.2 Å². The van der Waals surface area contributed by atoms with E-state index < -0.39 is 5.60 Å². The van der Waals surface area contributed by atoms with Gasteiger partial charge in [0.2, 0.25) is 0 Å². The average molecular weight is 231 g/mol. The molecule has 1 N–H and O–H groups in total. The Hall–Kier alpha value is -0.860. The molecule has 2 heteroatoms. The van der Waals surface area contributed by atoms with Crippen molar-refractivity contribution in [1.82, 2.24) is 4.90 Å². The van der Waals surface area contributed by atoms with E-state index in [4.69, 9.17) is 0 Å². The first-order valence-corrected chi connectivity index (χ1v) is 6.74. The minimum atomic E-state index is -0.605. The highest BCUT2D eigenvalue weighted by Crippen LogP contribution is 2.42. The Labute approximate surface area is 103 Å². The number of hydrogen-bond acceptors (Lipinski definition) is 2. The van der Waals surface area contributed by atoms with Crippen LogP contribution in [0.25, 0.3) is 0 Å². The number of benzene rings is 1. The lowest BCUT2D eigenvalue weighted by Gasteiger charge is -2.37. The largest absolute Gasteiger partial charge is 0.383 e. The van der Waals surface area contributed by atoms with E-state index in [9.17, 15) is 5.11 Å². The molecule has 1 aromatic rings. The number of hydrogen-bond donors (Lipinski definition) is 1. The molecule has 17 heavy (non-hydrogen) atoms. The van der Waals surface area contributed by atoms with Gasteiger partial charge in [-0.3, -0.25) is 4.90 Å². The molecule has 0 aliphatic carbocycles. The van der Waals surface area contributed by atoms with Gasteiger partial charge in [-0.2, -0.15) is 0 Å². The molecular formula is C15H21NO. The highest BCUT2D eigenvalue weighted by Gasteiger charge is 2.47. The third kappa shape index (κ3) is 1.80. The van der Waals surface area contributed by atoms with Crippen molar-refractivity contribution in [1.29, 1.82) is 0 Å². The fourth-order valence-corrected chi connectivity index (χ4v) is 3.53. The van der Waals surface area contributed by atoms with Gasteiger partial charge in [0, 0.05) is 12.6 Å². The second-order valence-corrected chi connectivity index (χ2v) is 5.59. The maximum absolute atomic E-state index is 11.0. The van der Waals surface area contributed by atoms with Crippen molar-refractivity contribution in [2.24, 2.45) is 0 Å². The predicted octanol–water partition coefficient (Wildman–Crippen LogP) is 2.44. The lowest BCUT2D eigenvalue weighted by molar-refractivity contribution is -0.0138. The van der Waals surface area contributed by atoms with Crippen LogP contribution in [0, 0.1) is 6.92 Å². The highest BCUT2D eigenvalue weighted by molar-refractivity contribution is 5.30. The maximum Gasteiger partial charge on any atom is 0.106 e. The van der Waals surface area contributed by atoms with Gasteiger partial charge in [0.05, 0.1) is 0 Å². The second-order valence-electron chi connectivity index (χ2n) is 5.59. The molecule has 1 aromatic carbocycles. The molecule has 2 aliphatic heterocycles. The van der Waals surface area contributed by atoms with Crippen LogP contribution in [-0.2, 0) is 5.60 Å². The Kier molecular flexibility index (Phi) is 2.72. The van der Waals surface area contributed by atoms with Crippen molar-refractivity contribution in [3.05, 3.63) is 35.4 Å². The minimum Gasteiger partial charge on any atom is -0.383 e. The molecule has 3 rings (SSSR count). The molecule has 0 bridgehead atoms. The van der Waals surface area contributed by atoms with E-state index in [1.807, 2.05) is 0 Å². The quantitative estimate of drug-likeness (QED) is 0.802. The van der Waals surface area contributed by atoms with Crippen molar-refractivity contribution < 1.29 is 5.11 Å². The fraction of sp³-hybridized carbons (Fsp3) is 0.600. The van der Waals surface area contributed by atoms with Gasteiger partial charge in [0.15, 0.2) is 0 Å². The number of aliphatic hydroxyl groups is 1. The summed E-state index contributed by atoms with van der Waals surface area (Å²) in [6.45, 7) is 4.31. The van der Waals surface area contributed by atoms with Gasteiger partial charge < -0.3 is 5.11 Å². The molecule has 0 radical (unpaired) electrons. The molecule has 2 atom stereocenters. The highest BCUT2D eigenvalue weighted by atomic mass is 16.3. The van der Waals surface area contributed by atoms with Crippen molar-refractivity contribution >= 4 is 0 Å². The van der Waals surface area contributed by atoms with E-state index in [1.165, 1.54) is 24.9 Å².